The van der Waals surface area contributed by atoms with Crippen molar-refractivity contribution in [2.75, 3.05) is 11.4 Å². The topological polar surface area (TPSA) is 57.6 Å². The summed E-state index contributed by atoms with van der Waals surface area (Å²) in [6.45, 7) is 0.193. The molecular weight excluding hydrogens is 344 g/mol. The van der Waals surface area contributed by atoms with Crippen LogP contribution < -0.4 is 10.3 Å². The number of pyridine rings is 1. The molecule has 1 aromatic heterocycles. The molecule has 0 atom stereocenters. The Kier molecular flexibility index (Phi) is 4.66. The van der Waals surface area contributed by atoms with E-state index >= 15 is 0 Å². The van der Waals surface area contributed by atoms with Crippen LogP contribution >= 0.6 is 11.8 Å². The number of fused-ring (bicyclic) bond motifs is 2. The van der Waals surface area contributed by atoms with Crippen LogP contribution in [0.25, 0.3) is 0 Å². The Bertz CT molecular complexity index is 913. The summed E-state index contributed by atoms with van der Waals surface area (Å²) in [5.74, 6) is -0.179. The normalized spacial score (nSPS) is 12.5. The van der Waals surface area contributed by atoms with Crippen LogP contribution in [-0.2, 0) is 4.79 Å². The summed E-state index contributed by atoms with van der Waals surface area (Å²) in [6, 6.07) is 19.9. The highest BCUT2D eigenvalue weighted by atomic mass is 32.2. The first-order chi connectivity index (χ1) is 12.8. The van der Waals surface area contributed by atoms with Crippen LogP contribution in [0.15, 0.2) is 87.9 Å². The Morgan fingerprint density at radius 3 is 2.38 bits per heavy atom. The monoisotopic (exact) mass is 360 g/mol. The number of para-hydroxylation sites is 2. The number of nitrogens with zero attached hydrogens (tertiary/aromatic N) is 3. The van der Waals surface area contributed by atoms with Crippen molar-refractivity contribution in [1.29, 1.82) is 0 Å². The van der Waals surface area contributed by atoms with Gasteiger partial charge in [0.2, 0.25) is 0 Å². The number of hydrogen-bond acceptors (Lipinski definition) is 5. The van der Waals surface area contributed by atoms with Gasteiger partial charge in [-0.25, -0.2) is 5.43 Å². The van der Waals surface area contributed by atoms with Gasteiger partial charge >= 0.3 is 0 Å². The molecule has 2 aromatic carbocycles. The molecule has 1 aliphatic heterocycles. The number of hydrazone groups is 1. The van der Waals surface area contributed by atoms with Gasteiger partial charge in [-0.2, -0.15) is 5.10 Å². The molecule has 2 heterocycles. The quantitative estimate of drug-likeness (QED) is 0.567. The van der Waals surface area contributed by atoms with Crippen molar-refractivity contribution in [3.63, 3.8) is 0 Å². The fourth-order valence-corrected chi connectivity index (χ4v) is 3.86. The van der Waals surface area contributed by atoms with Gasteiger partial charge in [0.05, 0.1) is 17.6 Å². The van der Waals surface area contributed by atoms with Crippen LogP contribution in [0.5, 0.6) is 0 Å². The maximum absolute atomic E-state index is 12.4. The first-order valence-electron chi connectivity index (χ1n) is 8.16. The van der Waals surface area contributed by atoms with Crippen LogP contribution in [0.3, 0.4) is 0 Å². The van der Waals surface area contributed by atoms with Gasteiger partial charge in [-0.1, -0.05) is 42.1 Å². The van der Waals surface area contributed by atoms with E-state index in [1.165, 1.54) is 0 Å². The molecule has 1 amide bonds. The summed E-state index contributed by atoms with van der Waals surface area (Å²) in [5.41, 5.74) is 5.49. The summed E-state index contributed by atoms with van der Waals surface area (Å²) in [6.07, 6.45) is 4.96. The van der Waals surface area contributed by atoms with Gasteiger partial charge in [0.25, 0.3) is 5.91 Å². The van der Waals surface area contributed by atoms with E-state index in [4.69, 9.17) is 0 Å². The third-order valence-corrected chi connectivity index (χ3v) is 5.05. The second kappa shape index (κ2) is 7.41. The zero-order valence-corrected chi connectivity index (χ0v) is 14.7. The maximum atomic E-state index is 12.4. The molecule has 128 valence electrons. The second-order valence-electron chi connectivity index (χ2n) is 5.70. The van der Waals surface area contributed by atoms with E-state index in [0.29, 0.717) is 0 Å². The average molecular weight is 360 g/mol. The number of hydrogen-bond donors (Lipinski definition) is 1. The number of carbonyl (C=O) groups is 1. The third kappa shape index (κ3) is 3.45. The lowest BCUT2D eigenvalue weighted by molar-refractivity contribution is -0.119. The first kappa shape index (κ1) is 16.4. The molecule has 0 spiro atoms. The van der Waals surface area contributed by atoms with E-state index in [-0.39, 0.29) is 12.5 Å². The van der Waals surface area contributed by atoms with Crippen molar-refractivity contribution in [2.24, 2.45) is 5.10 Å². The Balaban J connectivity index is 1.52. The molecule has 1 N–H and O–H groups in total. The van der Waals surface area contributed by atoms with E-state index in [2.05, 4.69) is 27.6 Å². The standard InChI is InChI=1S/C20H16N4OS/c25-20(23-22-13-15-6-5-11-21-12-15)14-24-16-7-1-3-9-18(16)26-19-10-4-2-8-17(19)24/h1-13H,14H2,(H,23,25)/b22-13+. The molecule has 0 saturated carbocycles. The summed E-state index contributed by atoms with van der Waals surface area (Å²) in [7, 11) is 0. The maximum Gasteiger partial charge on any atom is 0.260 e. The summed E-state index contributed by atoms with van der Waals surface area (Å²) in [4.78, 5) is 20.7. The van der Waals surface area contributed by atoms with Crippen molar-refractivity contribution in [1.82, 2.24) is 10.4 Å². The van der Waals surface area contributed by atoms with Crippen LogP contribution in [0.4, 0.5) is 11.4 Å². The molecule has 5 nitrogen and oxygen atoms in total. The molecule has 4 rings (SSSR count). The zero-order valence-electron chi connectivity index (χ0n) is 13.9. The van der Waals surface area contributed by atoms with Gasteiger partial charge in [0.15, 0.2) is 0 Å². The zero-order chi connectivity index (χ0) is 17.8. The smallest absolute Gasteiger partial charge is 0.260 e. The van der Waals surface area contributed by atoms with E-state index < -0.39 is 0 Å². The predicted octanol–water partition coefficient (Wildman–Crippen LogP) is 3.83. The Labute approximate surface area is 155 Å². The minimum atomic E-state index is -0.179. The number of amides is 1. The van der Waals surface area contributed by atoms with Crippen molar-refractivity contribution >= 4 is 35.3 Å². The fraction of sp³-hybridized carbons (Fsp3) is 0.0500. The van der Waals surface area contributed by atoms with Crippen LogP contribution in [0.1, 0.15) is 5.56 Å². The van der Waals surface area contributed by atoms with E-state index in [9.17, 15) is 4.79 Å². The van der Waals surface area contributed by atoms with E-state index in [0.717, 1.165) is 26.7 Å². The Morgan fingerprint density at radius 2 is 1.73 bits per heavy atom. The number of carbonyl (C=O) groups excluding carboxylic acids is 1. The highest BCUT2D eigenvalue weighted by Crippen LogP contribution is 2.47. The highest BCUT2D eigenvalue weighted by molar-refractivity contribution is 7.99. The van der Waals surface area contributed by atoms with Gasteiger partial charge in [0.1, 0.15) is 6.54 Å². The molecule has 3 aromatic rings. The molecule has 26 heavy (non-hydrogen) atoms. The molecule has 0 bridgehead atoms. The molecule has 6 heteroatoms. The minimum absolute atomic E-state index is 0.179. The van der Waals surface area contributed by atoms with Gasteiger partial charge < -0.3 is 4.90 Å². The molecule has 0 unspecified atom stereocenters. The van der Waals surface area contributed by atoms with Gasteiger partial charge in [0, 0.05) is 27.7 Å². The van der Waals surface area contributed by atoms with Gasteiger partial charge in [-0.3, -0.25) is 9.78 Å². The highest BCUT2D eigenvalue weighted by Gasteiger charge is 2.24. The molecule has 1 aliphatic rings. The molecule has 0 saturated heterocycles. The lowest BCUT2D eigenvalue weighted by Crippen LogP contribution is -2.33. The lowest BCUT2D eigenvalue weighted by atomic mass is 10.2. The van der Waals surface area contributed by atoms with Crippen LogP contribution in [-0.4, -0.2) is 23.7 Å². The number of aromatic nitrogens is 1. The van der Waals surface area contributed by atoms with Gasteiger partial charge in [-0.05, 0) is 30.3 Å². The fourth-order valence-electron chi connectivity index (χ4n) is 2.76. The summed E-state index contributed by atoms with van der Waals surface area (Å²) in [5, 5.41) is 4.02. The predicted molar refractivity (Wildman–Crippen MR) is 104 cm³/mol. The molecule has 0 aliphatic carbocycles. The lowest BCUT2D eigenvalue weighted by Gasteiger charge is -2.31. The Hall–Kier alpha value is -3.12. The van der Waals surface area contributed by atoms with Crippen molar-refractivity contribution < 1.29 is 4.79 Å². The number of anilines is 2. The largest absolute Gasteiger partial charge is 0.330 e. The third-order valence-electron chi connectivity index (χ3n) is 3.92. The summed E-state index contributed by atoms with van der Waals surface area (Å²) < 4.78 is 0. The van der Waals surface area contributed by atoms with E-state index in [1.807, 2.05) is 53.4 Å². The molecule has 0 fully saturated rings. The van der Waals surface area contributed by atoms with Crippen molar-refractivity contribution in [3.8, 4) is 0 Å². The minimum Gasteiger partial charge on any atom is -0.330 e. The SMILES string of the molecule is O=C(CN1c2ccccc2Sc2ccccc21)N/N=C/c1cccnc1. The van der Waals surface area contributed by atoms with Crippen LogP contribution in [0, 0.1) is 0 Å². The average Bonchev–Trinajstić information content (AvgIpc) is 2.68. The number of benzene rings is 2. The van der Waals surface area contributed by atoms with Gasteiger partial charge in [-0.15, -0.1) is 0 Å². The molecular formula is C20H16N4OS. The summed E-state index contributed by atoms with van der Waals surface area (Å²) >= 11 is 1.72. The Morgan fingerprint density at radius 1 is 1.04 bits per heavy atom. The van der Waals surface area contributed by atoms with Crippen molar-refractivity contribution in [3.05, 3.63) is 78.6 Å². The molecule has 0 radical (unpaired) electrons. The second-order valence-corrected chi connectivity index (χ2v) is 6.79. The van der Waals surface area contributed by atoms with E-state index in [1.54, 1.807) is 30.4 Å². The number of nitrogens with one attached hydrogen (secondary N) is 1. The van der Waals surface area contributed by atoms with Crippen molar-refractivity contribution in [2.45, 2.75) is 9.79 Å². The number of rotatable bonds is 4. The first-order valence-corrected chi connectivity index (χ1v) is 8.98. The van der Waals surface area contributed by atoms with Crippen LogP contribution in [0.2, 0.25) is 0 Å².